The lowest BCUT2D eigenvalue weighted by molar-refractivity contribution is 0.0619. The van der Waals surface area contributed by atoms with Gasteiger partial charge in [-0.1, -0.05) is 18.2 Å². The van der Waals surface area contributed by atoms with Gasteiger partial charge in [-0.15, -0.1) is 0 Å². The molecule has 0 amide bonds. The van der Waals surface area contributed by atoms with Crippen molar-refractivity contribution in [2.24, 2.45) is 0 Å². The molecule has 2 rings (SSSR count). The molecule has 1 fully saturated rings. The lowest BCUT2D eigenvalue weighted by atomic mass is 9.89. The van der Waals surface area contributed by atoms with Crippen molar-refractivity contribution < 1.29 is 13.9 Å². The predicted molar refractivity (Wildman–Crippen MR) is 57.3 cm³/mol. The fourth-order valence-electron chi connectivity index (χ4n) is 1.86. The van der Waals surface area contributed by atoms with Gasteiger partial charge in [0, 0.05) is 18.2 Å². The number of aliphatic hydroxyl groups is 1. The van der Waals surface area contributed by atoms with Gasteiger partial charge < -0.3 is 10.4 Å². The van der Waals surface area contributed by atoms with Gasteiger partial charge in [-0.05, 0) is 24.5 Å². The van der Waals surface area contributed by atoms with Crippen molar-refractivity contribution in [3.8, 4) is 0 Å². The summed E-state index contributed by atoms with van der Waals surface area (Å²) in [5, 5.41) is 12.3. The molecule has 1 aliphatic rings. The van der Waals surface area contributed by atoms with Gasteiger partial charge in [0.15, 0.2) is 0 Å². The maximum Gasteiger partial charge on any atom is 0.263 e. The van der Waals surface area contributed by atoms with Crippen LogP contribution in [0.2, 0.25) is 0 Å². The first kappa shape index (κ1) is 11.5. The first-order valence-electron chi connectivity index (χ1n) is 5.43. The van der Waals surface area contributed by atoms with E-state index in [0.717, 1.165) is 18.4 Å². The van der Waals surface area contributed by atoms with Crippen LogP contribution in [0.5, 0.6) is 0 Å². The molecule has 0 heterocycles. The Morgan fingerprint density at radius 2 is 2.12 bits per heavy atom. The van der Waals surface area contributed by atoms with E-state index in [-0.39, 0.29) is 11.7 Å². The number of hydrogen-bond donors (Lipinski definition) is 2. The summed E-state index contributed by atoms with van der Waals surface area (Å²) in [4.78, 5) is 0. The number of halogens is 2. The number of benzene rings is 1. The van der Waals surface area contributed by atoms with E-state index in [1.807, 2.05) is 6.07 Å². The normalized spacial score (nSPS) is 24.5. The molecule has 0 aromatic heterocycles. The SMILES string of the molecule is OC1CC(NCc2cccc(C(F)F)c2)C1. The van der Waals surface area contributed by atoms with E-state index >= 15 is 0 Å². The van der Waals surface area contributed by atoms with Crippen LogP contribution in [-0.4, -0.2) is 17.3 Å². The second-order valence-corrected chi connectivity index (χ2v) is 4.25. The molecule has 4 heteroatoms. The Hall–Kier alpha value is -1.00. The van der Waals surface area contributed by atoms with Crippen LogP contribution in [0.3, 0.4) is 0 Å². The zero-order chi connectivity index (χ0) is 11.5. The first-order chi connectivity index (χ1) is 7.65. The monoisotopic (exact) mass is 227 g/mol. The average Bonchev–Trinajstić information content (AvgIpc) is 2.23. The predicted octanol–water partition coefficient (Wildman–Crippen LogP) is 2.24. The molecule has 0 radical (unpaired) electrons. The van der Waals surface area contributed by atoms with Gasteiger partial charge in [0.25, 0.3) is 6.43 Å². The highest BCUT2D eigenvalue weighted by molar-refractivity contribution is 5.24. The molecule has 1 aromatic rings. The third-order valence-corrected chi connectivity index (χ3v) is 2.91. The molecule has 2 nitrogen and oxygen atoms in total. The lowest BCUT2D eigenvalue weighted by Crippen LogP contribution is -2.43. The first-order valence-corrected chi connectivity index (χ1v) is 5.43. The van der Waals surface area contributed by atoms with E-state index in [1.54, 1.807) is 6.07 Å². The lowest BCUT2D eigenvalue weighted by Gasteiger charge is -2.32. The van der Waals surface area contributed by atoms with E-state index in [2.05, 4.69) is 5.32 Å². The Morgan fingerprint density at radius 1 is 1.38 bits per heavy atom. The van der Waals surface area contributed by atoms with E-state index in [4.69, 9.17) is 5.11 Å². The Balaban J connectivity index is 1.86. The summed E-state index contributed by atoms with van der Waals surface area (Å²) in [5.41, 5.74) is 0.923. The highest BCUT2D eigenvalue weighted by atomic mass is 19.3. The molecule has 1 aliphatic carbocycles. The molecule has 0 aliphatic heterocycles. The highest BCUT2D eigenvalue weighted by Gasteiger charge is 2.26. The molecule has 0 spiro atoms. The second kappa shape index (κ2) is 4.89. The van der Waals surface area contributed by atoms with Crippen LogP contribution in [0, 0.1) is 0 Å². The summed E-state index contributed by atoms with van der Waals surface area (Å²) in [6.45, 7) is 0.581. The average molecular weight is 227 g/mol. The standard InChI is InChI=1S/C12H15F2NO/c13-12(14)9-3-1-2-8(4-9)7-15-10-5-11(16)6-10/h1-4,10-12,15-16H,5-7H2. The van der Waals surface area contributed by atoms with E-state index in [0.29, 0.717) is 12.6 Å². The largest absolute Gasteiger partial charge is 0.393 e. The van der Waals surface area contributed by atoms with Crippen LogP contribution in [0.15, 0.2) is 24.3 Å². The van der Waals surface area contributed by atoms with E-state index < -0.39 is 6.43 Å². The topological polar surface area (TPSA) is 32.3 Å². The summed E-state index contributed by atoms with van der Waals surface area (Å²) in [6.07, 6.45) is -1.08. The van der Waals surface area contributed by atoms with Crippen LogP contribution in [0.25, 0.3) is 0 Å². The van der Waals surface area contributed by atoms with Gasteiger partial charge in [0.2, 0.25) is 0 Å². The van der Waals surface area contributed by atoms with Gasteiger partial charge in [0.05, 0.1) is 6.10 Å². The van der Waals surface area contributed by atoms with Crippen molar-refractivity contribution in [3.63, 3.8) is 0 Å². The summed E-state index contributed by atoms with van der Waals surface area (Å²) in [7, 11) is 0. The Bertz CT molecular complexity index is 351. The molecule has 0 saturated heterocycles. The van der Waals surface area contributed by atoms with E-state index in [9.17, 15) is 8.78 Å². The summed E-state index contributed by atoms with van der Waals surface area (Å²) in [5.74, 6) is 0. The zero-order valence-electron chi connectivity index (χ0n) is 8.87. The molecule has 88 valence electrons. The summed E-state index contributed by atoms with van der Waals surface area (Å²) in [6, 6.07) is 6.75. The smallest absolute Gasteiger partial charge is 0.263 e. The van der Waals surface area contributed by atoms with Gasteiger partial charge in [0.1, 0.15) is 0 Å². The summed E-state index contributed by atoms with van der Waals surface area (Å²) >= 11 is 0. The van der Waals surface area contributed by atoms with Crippen molar-refractivity contribution in [1.82, 2.24) is 5.32 Å². The molecule has 16 heavy (non-hydrogen) atoms. The second-order valence-electron chi connectivity index (χ2n) is 4.25. The minimum atomic E-state index is -2.41. The van der Waals surface area contributed by atoms with E-state index in [1.165, 1.54) is 12.1 Å². The molecule has 1 aromatic carbocycles. The highest BCUT2D eigenvalue weighted by Crippen LogP contribution is 2.21. The van der Waals surface area contributed by atoms with Crippen LogP contribution in [0.1, 0.15) is 30.4 Å². The minimum absolute atomic E-state index is 0.0629. The van der Waals surface area contributed by atoms with Crippen molar-refractivity contribution in [3.05, 3.63) is 35.4 Å². The molecule has 1 saturated carbocycles. The molecular formula is C12H15F2NO. The quantitative estimate of drug-likeness (QED) is 0.826. The Kier molecular flexibility index (Phi) is 3.51. The fraction of sp³-hybridized carbons (Fsp3) is 0.500. The zero-order valence-corrected chi connectivity index (χ0v) is 8.87. The molecule has 0 atom stereocenters. The number of nitrogens with one attached hydrogen (secondary N) is 1. The Labute approximate surface area is 93.3 Å². The molecular weight excluding hydrogens is 212 g/mol. The van der Waals surface area contributed by atoms with Gasteiger partial charge >= 0.3 is 0 Å². The summed E-state index contributed by atoms with van der Waals surface area (Å²) < 4.78 is 24.8. The van der Waals surface area contributed by atoms with Crippen LogP contribution < -0.4 is 5.32 Å². The van der Waals surface area contributed by atoms with Crippen molar-refractivity contribution >= 4 is 0 Å². The minimum Gasteiger partial charge on any atom is -0.393 e. The van der Waals surface area contributed by atoms with Gasteiger partial charge in [-0.3, -0.25) is 0 Å². The molecule has 0 bridgehead atoms. The van der Waals surface area contributed by atoms with Crippen molar-refractivity contribution in [2.75, 3.05) is 0 Å². The maximum atomic E-state index is 12.4. The number of hydrogen-bond acceptors (Lipinski definition) is 2. The third-order valence-electron chi connectivity index (χ3n) is 2.91. The fourth-order valence-corrected chi connectivity index (χ4v) is 1.86. The van der Waals surface area contributed by atoms with Crippen LogP contribution >= 0.6 is 0 Å². The number of alkyl halides is 2. The van der Waals surface area contributed by atoms with Crippen LogP contribution in [-0.2, 0) is 6.54 Å². The number of aliphatic hydroxyl groups excluding tert-OH is 1. The molecule has 2 N–H and O–H groups in total. The van der Waals surface area contributed by atoms with Gasteiger partial charge in [-0.25, -0.2) is 8.78 Å². The maximum absolute atomic E-state index is 12.4. The molecule has 0 unspecified atom stereocenters. The van der Waals surface area contributed by atoms with Crippen molar-refractivity contribution in [1.29, 1.82) is 0 Å². The van der Waals surface area contributed by atoms with Crippen molar-refractivity contribution in [2.45, 2.75) is 38.0 Å². The number of rotatable bonds is 4. The third kappa shape index (κ3) is 2.77. The van der Waals surface area contributed by atoms with Gasteiger partial charge in [-0.2, -0.15) is 0 Å². The van der Waals surface area contributed by atoms with Crippen LogP contribution in [0.4, 0.5) is 8.78 Å². The Morgan fingerprint density at radius 3 is 2.75 bits per heavy atom.